The molecule has 0 saturated carbocycles. The highest BCUT2D eigenvalue weighted by atomic mass is 16.7. The summed E-state index contributed by atoms with van der Waals surface area (Å²) in [5, 5.41) is 0. The highest BCUT2D eigenvalue weighted by Crippen LogP contribution is 2.00. The molecule has 3 N–H and O–H groups in total. The smallest absolute Gasteiger partial charge is 0.175 e. The Hall–Kier alpha value is -0.200. The zero-order valence-electron chi connectivity index (χ0n) is 8.74. The van der Waals surface area contributed by atoms with Gasteiger partial charge in [-0.2, -0.15) is 0 Å². The summed E-state index contributed by atoms with van der Waals surface area (Å²) in [4.78, 5) is 0. The summed E-state index contributed by atoms with van der Waals surface area (Å²) in [6.45, 7) is 4.38. The van der Waals surface area contributed by atoms with Crippen LogP contribution in [0.15, 0.2) is 0 Å². The minimum atomic E-state index is -0.385. The average Bonchev–Trinajstić information content (AvgIpc) is 2.11. The Balaban J connectivity index is 3.85. The summed E-state index contributed by atoms with van der Waals surface area (Å²) >= 11 is 0. The first-order valence-corrected chi connectivity index (χ1v) is 4.29. The van der Waals surface area contributed by atoms with Gasteiger partial charge in [0.15, 0.2) is 6.29 Å². The second kappa shape index (κ2) is 7.23. The monoisotopic (exact) mass is 192 g/mol. The van der Waals surface area contributed by atoms with Crippen molar-refractivity contribution in [2.45, 2.75) is 32.3 Å². The highest BCUT2D eigenvalue weighted by molar-refractivity contribution is 4.66. The molecule has 0 bridgehead atoms. The third-order valence-corrected chi connectivity index (χ3v) is 1.62. The number of hydrogen-bond acceptors (Lipinski definition) is 5. The molecule has 0 spiro atoms. The van der Waals surface area contributed by atoms with Crippen molar-refractivity contribution in [2.24, 2.45) is 5.84 Å². The molecule has 0 aromatic heterocycles. The molecular weight excluding hydrogens is 172 g/mol. The van der Waals surface area contributed by atoms with E-state index in [4.69, 9.17) is 20.1 Å². The number of methoxy groups -OCH3 is 2. The van der Waals surface area contributed by atoms with Crippen LogP contribution < -0.4 is 11.3 Å². The van der Waals surface area contributed by atoms with Crippen molar-refractivity contribution in [1.82, 2.24) is 5.43 Å². The predicted molar refractivity (Wildman–Crippen MR) is 50.0 cm³/mol. The molecule has 0 aliphatic heterocycles. The maximum Gasteiger partial charge on any atom is 0.175 e. The summed E-state index contributed by atoms with van der Waals surface area (Å²) < 4.78 is 15.5. The molecule has 1 atom stereocenters. The van der Waals surface area contributed by atoms with E-state index in [2.05, 4.69) is 5.43 Å². The van der Waals surface area contributed by atoms with Gasteiger partial charge in [-0.15, -0.1) is 0 Å². The third-order valence-electron chi connectivity index (χ3n) is 1.62. The molecule has 0 aromatic rings. The largest absolute Gasteiger partial charge is 0.377 e. The minimum absolute atomic E-state index is 0.155. The van der Waals surface area contributed by atoms with Crippen LogP contribution in [0.2, 0.25) is 0 Å². The number of ether oxygens (including phenoxy) is 3. The number of nitrogens with two attached hydrogens (primary N) is 1. The van der Waals surface area contributed by atoms with Crippen molar-refractivity contribution in [2.75, 3.05) is 20.8 Å². The number of hydrazine groups is 1. The van der Waals surface area contributed by atoms with E-state index >= 15 is 0 Å². The van der Waals surface area contributed by atoms with Gasteiger partial charge >= 0.3 is 0 Å². The van der Waals surface area contributed by atoms with Gasteiger partial charge in [-0.25, -0.2) is 5.43 Å². The van der Waals surface area contributed by atoms with E-state index in [-0.39, 0.29) is 18.4 Å². The van der Waals surface area contributed by atoms with E-state index in [1.807, 2.05) is 13.8 Å². The minimum Gasteiger partial charge on any atom is -0.377 e. The molecule has 5 nitrogen and oxygen atoms in total. The van der Waals surface area contributed by atoms with Crippen molar-refractivity contribution in [3.63, 3.8) is 0 Å². The van der Waals surface area contributed by atoms with Gasteiger partial charge < -0.3 is 14.2 Å². The lowest BCUT2D eigenvalue weighted by molar-refractivity contribution is -0.137. The maximum atomic E-state index is 5.38. The quantitative estimate of drug-likeness (QED) is 0.334. The number of hydrogen-bond donors (Lipinski definition) is 2. The molecule has 5 heteroatoms. The van der Waals surface area contributed by atoms with Crippen LogP contribution in [0.1, 0.15) is 13.8 Å². The van der Waals surface area contributed by atoms with Crippen molar-refractivity contribution in [1.29, 1.82) is 0 Å². The molecule has 0 radical (unpaired) electrons. The Kier molecular flexibility index (Phi) is 7.12. The molecule has 0 heterocycles. The predicted octanol–water partition coefficient (Wildman–Crippen LogP) is -0.138. The molecule has 0 aliphatic rings. The summed E-state index contributed by atoms with van der Waals surface area (Å²) in [6, 6.07) is -0.155. The van der Waals surface area contributed by atoms with E-state index < -0.39 is 0 Å². The van der Waals surface area contributed by atoms with Crippen LogP contribution in [0.3, 0.4) is 0 Å². The standard InChI is InChI=1S/C8H20N2O3/c1-6(2)13-5-7(10-9)8(11-3)12-4/h6-8,10H,5,9H2,1-4H3. The van der Waals surface area contributed by atoms with Crippen LogP contribution in [-0.2, 0) is 14.2 Å². The lowest BCUT2D eigenvalue weighted by Gasteiger charge is -2.24. The van der Waals surface area contributed by atoms with E-state index in [0.29, 0.717) is 6.61 Å². The van der Waals surface area contributed by atoms with Crippen LogP contribution in [0, 0.1) is 0 Å². The number of rotatable bonds is 7. The van der Waals surface area contributed by atoms with Crippen LogP contribution in [0.25, 0.3) is 0 Å². The normalized spacial score (nSPS) is 14.1. The second-order valence-electron chi connectivity index (χ2n) is 3.00. The Morgan fingerprint density at radius 2 is 1.77 bits per heavy atom. The Morgan fingerprint density at radius 3 is 2.08 bits per heavy atom. The lowest BCUT2D eigenvalue weighted by Crippen LogP contribution is -2.49. The van der Waals surface area contributed by atoms with Crippen molar-refractivity contribution in [3.05, 3.63) is 0 Å². The van der Waals surface area contributed by atoms with Crippen LogP contribution in [0.4, 0.5) is 0 Å². The summed E-state index contributed by atoms with van der Waals surface area (Å²) in [5.74, 6) is 5.32. The molecule has 80 valence electrons. The number of nitrogens with one attached hydrogen (secondary N) is 1. The van der Waals surface area contributed by atoms with Gasteiger partial charge in [-0.05, 0) is 13.8 Å². The van der Waals surface area contributed by atoms with E-state index in [0.717, 1.165) is 0 Å². The fraction of sp³-hybridized carbons (Fsp3) is 1.00. The molecule has 1 unspecified atom stereocenters. The van der Waals surface area contributed by atoms with Gasteiger partial charge in [0.05, 0.1) is 18.8 Å². The van der Waals surface area contributed by atoms with Gasteiger partial charge in [0.2, 0.25) is 0 Å². The second-order valence-corrected chi connectivity index (χ2v) is 3.00. The molecule has 0 aliphatic carbocycles. The third kappa shape index (κ3) is 5.17. The first kappa shape index (κ1) is 12.8. The summed E-state index contributed by atoms with van der Waals surface area (Å²) in [7, 11) is 3.13. The first-order chi connectivity index (χ1) is 6.15. The summed E-state index contributed by atoms with van der Waals surface area (Å²) in [6.07, 6.45) is -0.214. The molecule has 0 amide bonds. The Bertz CT molecular complexity index is 118. The molecule has 0 fully saturated rings. The SMILES string of the molecule is COC(OC)C(COC(C)C)NN. The zero-order valence-corrected chi connectivity index (χ0v) is 8.74. The topological polar surface area (TPSA) is 65.7 Å². The Morgan fingerprint density at radius 1 is 1.23 bits per heavy atom. The Labute approximate surface area is 79.5 Å². The molecule has 13 heavy (non-hydrogen) atoms. The molecular formula is C8H20N2O3. The van der Waals surface area contributed by atoms with Crippen LogP contribution in [0.5, 0.6) is 0 Å². The van der Waals surface area contributed by atoms with Crippen LogP contribution in [-0.4, -0.2) is 39.3 Å². The first-order valence-electron chi connectivity index (χ1n) is 4.29. The van der Waals surface area contributed by atoms with E-state index in [1.54, 1.807) is 14.2 Å². The van der Waals surface area contributed by atoms with Crippen molar-refractivity contribution >= 4 is 0 Å². The maximum absolute atomic E-state index is 5.38. The van der Waals surface area contributed by atoms with Gasteiger partial charge in [0.1, 0.15) is 0 Å². The van der Waals surface area contributed by atoms with Gasteiger partial charge in [0.25, 0.3) is 0 Å². The van der Waals surface area contributed by atoms with E-state index in [1.165, 1.54) is 0 Å². The van der Waals surface area contributed by atoms with Gasteiger partial charge in [-0.3, -0.25) is 5.84 Å². The fourth-order valence-electron chi connectivity index (χ4n) is 0.926. The zero-order chi connectivity index (χ0) is 10.3. The van der Waals surface area contributed by atoms with Gasteiger partial charge in [-0.1, -0.05) is 0 Å². The average molecular weight is 192 g/mol. The fourth-order valence-corrected chi connectivity index (χ4v) is 0.926. The molecule has 0 saturated heterocycles. The van der Waals surface area contributed by atoms with Crippen LogP contribution >= 0.6 is 0 Å². The van der Waals surface area contributed by atoms with Gasteiger partial charge in [0, 0.05) is 14.2 Å². The molecule has 0 rings (SSSR count). The van der Waals surface area contributed by atoms with Crippen molar-refractivity contribution in [3.8, 4) is 0 Å². The van der Waals surface area contributed by atoms with E-state index in [9.17, 15) is 0 Å². The highest BCUT2D eigenvalue weighted by Gasteiger charge is 2.19. The summed E-state index contributed by atoms with van der Waals surface area (Å²) in [5.41, 5.74) is 2.58. The molecule has 0 aromatic carbocycles. The van der Waals surface area contributed by atoms with Crippen molar-refractivity contribution < 1.29 is 14.2 Å². The lowest BCUT2D eigenvalue weighted by atomic mass is 10.3.